The molecule has 1 nitrogen and oxygen atoms in total. The molecule has 0 saturated carbocycles. The number of fused-ring (bicyclic) bond motifs is 1. The van der Waals surface area contributed by atoms with Crippen molar-refractivity contribution >= 4 is 0 Å². The van der Waals surface area contributed by atoms with Crippen LogP contribution in [0.25, 0.3) is 0 Å². The lowest BCUT2D eigenvalue weighted by atomic mass is 9.82. The minimum absolute atomic E-state index is 0.00574. The molecule has 3 aromatic carbocycles. The molecule has 0 saturated heterocycles. The van der Waals surface area contributed by atoms with Gasteiger partial charge in [0.1, 0.15) is 6.10 Å². The number of hydrogen-bond donors (Lipinski definition) is 0. The first-order chi connectivity index (χ1) is 11.3. The van der Waals surface area contributed by atoms with Crippen LogP contribution in [0.1, 0.15) is 47.3 Å². The predicted octanol–water partition coefficient (Wildman–Crippen LogP) is 5.65. The van der Waals surface area contributed by atoms with Gasteiger partial charge in [0, 0.05) is 5.92 Å². The van der Waals surface area contributed by atoms with Gasteiger partial charge in [0.15, 0.2) is 0 Å². The third-order valence-electron chi connectivity index (χ3n) is 4.74. The molecule has 0 bridgehead atoms. The van der Waals surface area contributed by atoms with E-state index in [2.05, 4.69) is 91.9 Å². The lowest BCUT2D eigenvalue weighted by Crippen LogP contribution is -2.24. The summed E-state index contributed by atoms with van der Waals surface area (Å²) in [6.07, 6.45) is 0.0742. The highest BCUT2D eigenvalue weighted by atomic mass is 16.5. The summed E-state index contributed by atoms with van der Waals surface area (Å²) in [5.74, 6) is 0.341. The van der Waals surface area contributed by atoms with Crippen LogP contribution in [0.15, 0.2) is 84.9 Å². The number of ether oxygens (including phenoxy) is 1. The average molecular weight is 300 g/mol. The van der Waals surface area contributed by atoms with E-state index in [4.69, 9.17) is 4.74 Å². The van der Waals surface area contributed by atoms with Crippen molar-refractivity contribution in [3.63, 3.8) is 0 Å². The first kappa shape index (κ1) is 14.2. The molecule has 0 amide bonds. The fraction of sp³-hybridized carbons (Fsp3) is 0.182. The van der Waals surface area contributed by atoms with Gasteiger partial charge in [-0.1, -0.05) is 91.9 Å². The van der Waals surface area contributed by atoms with Crippen LogP contribution in [0.2, 0.25) is 0 Å². The molecule has 1 heterocycles. The van der Waals surface area contributed by atoms with E-state index in [0.717, 1.165) is 0 Å². The van der Waals surface area contributed by atoms with Gasteiger partial charge in [0.25, 0.3) is 0 Å². The molecule has 23 heavy (non-hydrogen) atoms. The standard InChI is InChI=1S/C22H20O/c1-16-19-14-8-9-15-20(19)22(18-12-6-3-7-13-18)23-21(16)17-10-4-2-5-11-17/h2-16,21-22H,1H3/t16-,21?,22?/m1/s1. The molecule has 4 rings (SSSR count). The van der Waals surface area contributed by atoms with E-state index in [1.54, 1.807) is 0 Å². The average Bonchev–Trinajstić information content (AvgIpc) is 2.64. The van der Waals surface area contributed by atoms with Crippen molar-refractivity contribution < 1.29 is 4.74 Å². The molecule has 2 unspecified atom stereocenters. The van der Waals surface area contributed by atoms with E-state index >= 15 is 0 Å². The summed E-state index contributed by atoms with van der Waals surface area (Å²) < 4.78 is 6.60. The maximum atomic E-state index is 6.60. The fourth-order valence-electron chi connectivity index (χ4n) is 3.56. The molecule has 3 atom stereocenters. The molecule has 0 aromatic heterocycles. The number of benzene rings is 3. The van der Waals surface area contributed by atoms with Crippen molar-refractivity contribution in [2.24, 2.45) is 0 Å². The second kappa shape index (κ2) is 6.02. The second-order valence-electron chi connectivity index (χ2n) is 6.18. The summed E-state index contributed by atoms with van der Waals surface area (Å²) in [4.78, 5) is 0. The van der Waals surface area contributed by atoms with Crippen LogP contribution in [0.4, 0.5) is 0 Å². The maximum absolute atomic E-state index is 6.60. The molecular weight excluding hydrogens is 280 g/mol. The smallest absolute Gasteiger partial charge is 0.109 e. The Balaban J connectivity index is 1.82. The van der Waals surface area contributed by atoms with Crippen LogP contribution in [0, 0.1) is 0 Å². The molecule has 1 heteroatoms. The Bertz CT molecular complexity index is 779. The maximum Gasteiger partial charge on any atom is 0.109 e. The third kappa shape index (κ3) is 2.58. The minimum atomic E-state index is -0.00574. The Labute approximate surface area is 137 Å². The van der Waals surface area contributed by atoms with Crippen molar-refractivity contribution in [1.29, 1.82) is 0 Å². The molecule has 1 aliphatic rings. The van der Waals surface area contributed by atoms with Gasteiger partial charge < -0.3 is 4.74 Å². The lowest BCUT2D eigenvalue weighted by molar-refractivity contribution is -0.0207. The summed E-state index contributed by atoms with van der Waals surface area (Å²) in [6, 6.07) is 29.8. The van der Waals surface area contributed by atoms with Gasteiger partial charge in [-0.25, -0.2) is 0 Å². The van der Waals surface area contributed by atoms with Gasteiger partial charge >= 0.3 is 0 Å². The van der Waals surface area contributed by atoms with Gasteiger partial charge in [-0.15, -0.1) is 0 Å². The second-order valence-corrected chi connectivity index (χ2v) is 6.18. The van der Waals surface area contributed by atoms with Crippen LogP contribution in [0.5, 0.6) is 0 Å². The molecule has 0 spiro atoms. The number of hydrogen-bond acceptors (Lipinski definition) is 1. The Morgan fingerprint density at radius 3 is 1.78 bits per heavy atom. The van der Waals surface area contributed by atoms with Crippen molar-refractivity contribution in [3.05, 3.63) is 107 Å². The predicted molar refractivity (Wildman–Crippen MR) is 93.4 cm³/mol. The van der Waals surface area contributed by atoms with E-state index in [-0.39, 0.29) is 12.2 Å². The first-order valence-corrected chi connectivity index (χ1v) is 8.19. The van der Waals surface area contributed by atoms with Crippen LogP contribution in [0.3, 0.4) is 0 Å². The molecule has 0 fully saturated rings. The monoisotopic (exact) mass is 300 g/mol. The summed E-state index contributed by atoms with van der Waals surface area (Å²) in [7, 11) is 0. The quantitative estimate of drug-likeness (QED) is 0.594. The molecule has 0 radical (unpaired) electrons. The summed E-state index contributed by atoms with van der Waals surface area (Å²) in [5.41, 5.74) is 5.14. The van der Waals surface area contributed by atoms with Crippen molar-refractivity contribution in [2.45, 2.75) is 25.0 Å². The molecular formula is C22H20O. The van der Waals surface area contributed by atoms with E-state index in [0.29, 0.717) is 5.92 Å². The van der Waals surface area contributed by atoms with E-state index in [1.165, 1.54) is 22.3 Å². The molecule has 0 N–H and O–H groups in total. The van der Waals surface area contributed by atoms with Gasteiger partial charge in [0.2, 0.25) is 0 Å². The van der Waals surface area contributed by atoms with Gasteiger partial charge in [-0.2, -0.15) is 0 Å². The fourth-order valence-corrected chi connectivity index (χ4v) is 3.56. The van der Waals surface area contributed by atoms with Crippen molar-refractivity contribution in [1.82, 2.24) is 0 Å². The van der Waals surface area contributed by atoms with Gasteiger partial charge in [-0.05, 0) is 22.3 Å². The summed E-state index contributed by atoms with van der Waals surface area (Å²) >= 11 is 0. The number of rotatable bonds is 2. The first-order valence-electron chi connectivity index (χ1n) is 8.19. The van der Waals surface area contributed by atoms with Crippen LogP contribution >= 0.6 is 0 Å². The molecule has 0 aliphatic carbocycles. The molecule has 1 aliphatic heterocycles. The third-order valence-corrected chi connectivity index (χ3v) is 4.74. The Morgan fingerprint density at radius 1 is 0.609 bits per heavy atom. The van der Waals surface area contributed by atoms with Crippen LogP contribution < -0.4 is 0 Å². The van der Waals surface area contributed by atoms with Crippen LogP contribution in [-0.2, 0) is 4.74 Å². The summed E-state index contributed by atoms with van der Waals surface area (Å²) in [5, 5.41) is 0. The topological polar surface area (TPSA) is 9.23 Å². The highest BCUT2D eigenvalue weighted by Crippen LogP contribution is 2.47. The Morgan fingerprint density at radius 2 is 1.13 bits per heavy atom. The Kier molecular flexibility index (Phi) is 3.72. The SMILES string of the molecule is C[C@@H]1c2ccccc2C(c2ccccc2)OC1c1ccccc1. The normalized spacial score (nSPS) is 23.3. The largest absolute Gasteiger partial charge is 0.360 e. The zero-order valence-corrected chi connectivity index (χ0v) is 13.2. The van der Waals surface area contributed by atoms with E-state index in [1.807, 2.05) is 0 Å². The van der Waals surface area contributed by atoms with Gasteiger partial charge in [0.05, 0.1) is 6.10 Å². The van der Waals surface area contributed by atoms with Gasteiger partial charge in [-0.3, -0.25) is 0 Å². The molecule has 3 aromatic rings. The van der Waals surface area contributed by atoms with E-state index in [9.17, 15) is 0 Å². The minimum Gasteiger partial charge on any atom is -0.360 e. The highest BCUT2D eigenvalue weighted by molar-refractivity contribution is 5.41. The van der Waals surface area contributed by atoms with E-state index < -0.39 is 0 Å². The zero-order chi connectivity index (χ0) is 15.6. The lowest BCUT2D eigenvalue weighted by Gasteiger charge is -2.37. The Hall–Kier alpha value is -2.38. The van der Waals surface area contributed by atoms with Crippen molar-refractivity contribution in [3.8, 4) is 0 Å². The summed E-state index contributed by atoms with van der Waals surface area (Å²) in [6.45, 7) is 2.26. The zero-order valence-electron chi connectivity index (χ0n) is 13.2. The van der Waals surface area contributed by atoms with Crippen molar-refractivity contribution in [2.75, 3.05) is 0 Å². The molecule has 114 valence electrons. The highest BCUT2D eigenvalue weighted by Gasteiger charge is 2.34. The van der Waals surface area contributed by atoms with Crippen LogP contribution in [-0.4, -0.2) is 0 Å².